The number of aryl methyl sites for hydroxylation is 1. The highest BCUT2D eigenvalue weighted by Crippen LogP contribution is 2.28. The third-order valence-electron chi connectivity index (χ3n) is 4.71. The van der Waals surface area contributed by atoms with E-state index in [1.54, 1.807) is 23.1 Å². The van der Waals surface area contributed by atoms with Crippen molar-refractivity contribution in [2.45, 2.75) is 51.1 Å². The zero-order chi connectivity index (χ0) is 22.1. The molecule has 30 heavy (non-hydrogen) atoms. The molecular formula is C23H28Cl2N2O2S. The first-order valence-electron chi connectivity index (χ1n) is 10.1. The lowest BCUT2D eigenvalue weighted by Crippen LogP contribution is -2.49. The van der Waals surface area contributed by atoms with Crippen LogP contribution >= 0.6 is 35.0 Å². The largest absolute Gasteiger partial charge is 0.354 e. The predicted molar refractivity (Wildman–Crippen MR) is 126 cm³/mol. The van der Waals surface area contributed by atoms with Gasteiger partial charge in [0.15, 0.2) is 0 Å². The molecule has 2 rings (SSSR count). The summed E-state index contributed by atoms with van der Waals surface area (Å²) in [7, 11) is 0. The fourth-order valence-corrected chi connectivity index (χ4v) is 4.30. The van der Waals surface area contributed by atoms with Crippen LogP contribution in [0.5, 0.6) is 0 Å². The van der Waals surface area contributed by atoms with Gasteiger partial charge < -0.3 is 10.2 Å². The van der Waals surface area contributed by atoms with E-state index in [0.29, 0.717) is 28.6 Å². The van der Waals surface area contributed by atoms with Gasteiger partial charge >= 0.3 is 0 Å². The maximum atomic E-state index is 13.2. The second-order valence-electron chi connectivity index (χ2n) is 7.04. The number of carbonyl (C=O) groups excluding carboxylic acids is 2. The summed E-state index contributed by atoms with van der Waals surface area (Å²) in [6, 6.07) is 12.7. The average Bonchev–Trinajstić information content (AvgIpc) is 2.73. The van der Waals surface area contributed by atoms with E-state index in [4.69, 9.17) is 23.2 Å². The number of hydrogen-bond donors (Lipinski definition) is 1. The molecule has 7 heteroatoms. The minimum atomic E-state index is -0.588. The van der Waals surface area contributed by atoms with E-state index in [0.717, 1.165) is 11.3 Å². The molecule has 0 fully saturated rings. The van der Waals surface area contributed by atoms with Gasteiger partial charge in [0.25, 0.3) is 0 Å². The van der Waals surface area contributed by atoms with Crippen molar-refractivity contribution < 1.29 is 9.59 Å². The van der Waals surface area contributed by atoms with Crippen LogP contribution in [0, 0.1) is 6.92 Å². The molecule has 0 spiro atoms. The van der Waals surface area contributed by atoms with Crippen LogP contribution in [0.2, 0.25) is 10.0 Å². The van der Waals surface area contributed by atoms with E-state index in [1.165, 1.54) is 17.3 Å². The SMILES string of the molecule is CCCNC(=O)[C@H](CC)N(Cc1c(Cl)cccc1Cl)C(=O)CSc1ccc(C)cc1. The average molecular weight is 467 g/mol. The third-order valence-corrected chi connectivity index (χ3v) is 6.41. The molecule has 0 unspecified atom stereocenters. The number of rotatable bonds is 10. The van der Waals surface area contributed by atoms with Crippen molar-refractivity contribution >= 4 is 46.8 Å². The van der Waals surface area contributed by atoms with Gasteiger partial charge in [-0.25, -0.2) is 0 Å². The van der Waals surface area contributed by atoms with Crippen molar-refractivity contribution in [1.82, 2.24) is 10.2 Å². The van der Waals surface area contributed by atoms with Crippen molar-refractivity contribution in [2.24, 2.45) is 0 Å². The standard InChI is InChI=1S/C23H28Cl2N2O2S/c1-4-13-26-23(29)21(5-2)27(14-18-19(24)7-6-8-20(18)25)22(28)15-30-17-11-9-16(3)10-12-17/h6-12,21H,4-5,13-15H2,1-3H3,(H,26,29)/t21-/m0/s1. The van der Waals surface area contributed by atoms with Gasteiger partial charge in [-0.1, -0.05) is 60.8 Å². The van der Waals surface area contributed by atoms with Crippen molar-refractivity contribution in [3.05, 3.63) is 63.6 Å². The lowest BCUT2D eigenvalue weighted by molar-refractivity contribution is -0.139. The van der Waals surface area contributed by atoms with Crippen molar-refractivity contribution in [3.8, 4) is 0 Å². The summed E-state index contributed by atoms with van der Waals surface area (Å²) < 4.78 is 0. The maximum absolute atomic E-state index is 13.2. The Kier molecular flexibility index (Phi) is 10.0. The Hall–Kier alpha value is -1.69. The van der Waals surface area contributed by atoms with Gasteiger partial charge in [0, 0.05) is 33.6 Å². The monoisotopic (exact) mass is 466 g/mol. The van der Waals surface area contributed by atoms with Crippen LogP contribution in [0.4, 0.5) is 0 Å². The fourth-order valence-electron chi connectivity index (χ4n) is 3.00. The molecular weight excluding hydrogens is 439 g/mol. The summed E-state index contributed by atoms with van der Waals surface area (Å²) in [5.41, 5.74) is 1.82. The smallest absolute Gasteiger partial charge is 0.242 e. The Balaban J connectivity index is 2.25. The highest BCUT2D eigenvalue weighted by atomic mass is 35.5. The summed E-state index contributed by atoms with van der Waals surface area (Å²) in [4.78, 5) is 28.6. The summed E-state index contributed by atoms with van der Waals surface area (Å²) in [5.74, 6) is -0.0610. The second-order valence-corrected chi connectivity index (χ2v) is 8.90. The molecule has 0 aromatic heterocycles. The number of nitrogens with one attached hydrogen (secondary N) is 1. The first kappa shape index (κ1) is 24.6. The van der Waals surface area contributed by atoms with Crippen LogP contribution in [0.1, 0.15) is 37.8 Å². The van der Waals surface area contributed by atoms with Crippen LogP contribution in [0.3, 0.4) is 0 Å². The third kappa shape index (κ3) is 6.93. The molecule has 0 heterocycles. The van der Waals surface area contributed by atoms with Crippen molar-refractivity contribution in [3.63, 3.8) is 0 Å². The first-order valence-corrected chi connectivity index (χ1v) is 11.8. The number of benzene rings is 2. The predicted octanol–water partition coefficient (Wildman–Crippen LogP) is 5.73. The summed E-state index contributed by atoms with van der Waals surface area (Å²) in [5, 5.41) is 3.87. The minimum absolute atomic E-state index is 0.130. The quantitative estimate of drug-likeness (QED) is 0.454. The van der Waals surface area contributed by atoms with Crippen LogP contribution in [0.25, 0.3) is 0 Å². The van der Waals surface area contributed by atoms with E-state index in [-0.39, 0.29) is 24.1 Å². The molecule has 162 valence electrons. The Labute approximate surface area is 193 Å². The number of carbonyl (C=O) groups is 2. The van der Waals surface area contributed by atoms with Crippen LogP contribution in [-0.2, 0) is 16.1 Å². The molecule has 1 N–H and O–H groups in total. The zero-order valence-corrected chi connectivity index (χ0v) is 19.9. The molecule has 2 amide bonds. The lowest BCUT2D eigenvalue weighted by Gasteiger charge is -2.31. The molecule has 2 aromatic rings. The van der Waals surface area contributed by atoms with Gasteiger partial charge in [-0.3, -0.25) is 9.59 Å². The Morgan fingerprint density at radius 2 is 1.70 bits per heavy atom. The molecule has 0 aliphatic carbocycles. The van der Waals surface area contributed by atoms with Gasteiger partial charge in [-0.05, 0) is 44.0 Å². The normalized spacial score (nSPS) is 11.8. The van der Waals surface area contributed by atoms with Gasteiger partial charge in [-0.15, -0.1) is 11.8 Å². The molecule has 0 bridgehead atoms. The Morgan fingerprint density at radius 1 is 1.07 bits per heavy atom. The molecule has 0 radical (unpaired) electrons. The molecule has 0 saturated heterocycles. The van der Waals surface area contributed by atoms with E-state index in [1.807, 2.05) is 45.0 Å². The minimum Gasteiger partial charge on any atom is -0.354 e. The van der Waals surface area contributed by atoms with Gasteiger partial charge in [-0.2, -0.15) is 0 Å². The molecule has 0 aliphatic heterocycles. The van der Waals surface area contributed by atoms with E-state index in [2.05, 4.69) is 5.32 Å². The summed E-state index contributed by atoms with van der Waals surface area (Å²) in [6.45, 7) is 6.67. The first-order chi connectivity index (χ1) is 14.4. The Morgan fingerprint density at radius 3 is 2.27 bits per heavy atom. The number of hydrogen-bond acceptors (Lipinski definition) is 3. The Bertz CT molecular complexity index is 839. The van der Waals surface area contributed by atoms with Crippen molar-refractivity contribution in [1.29, 1.82) is 0 Å². The molecule has 1 atom stereocenters. The molecule has 0 saturated carbocycles. The van der Waals surface area contributed by atoms with Gasteiger partial charge in [0.1, 0.15) is 6.04 Å². The second kappa shape index (κ2) is 12.2. The number of halogens is 2. The number of thioether (sulfide) groups is 1. The lowest BCUT2D eigenvalue weighted by atomic mass is 10.1. The van der Waals surface area contributed by atoms with E-state index < -0.39 is 6.04 Å². The summed E-state index contributed by atoms with van der Waals surface area (Å²) in [6.07, 6.45) is 1.33. The van der Waals surface area contributed by atoms with Gasteiger partial charge in [0.2, 0.25) is 11.8 Å². The van der Waals surface area contributed by atoms with E-state index in [9.17, 15) is 9.59 Å². The maximum Gasteiger partial charge on any atom is 0.242 e. The molecule has 4 nitrogen and oxygen atoms in total. The van der Waals surface area contributed by atoms with E-state index >= 15 is 0 Å². The highest BCUT2D eigenvalue weighted by Gasteiger charge is 2.29. The molecule has 2 aromatic carbocycles. The van der Waals surface area contributed by atoms with Gasteiger partial charge in [0.05, 0.1) is 5.75 Å². The van der Waals surface area contributed by atoms with Crippen LogP contribution in [0.15, 0.2) is 47.4 Å². The number of nitrogens with zero attached hydrogens (tertiary/aromatic N) is 1. The van der Waals surface area contributed by atoms with Crippen LogP contribution in [-0.4, -0.2) is 35.1 Å². The zero-order valence-electron chi connectivity index (χ0n) is 17.6. The summed E-state index contributed by atoms with van der Waals surface area (Å²) >= 11 is 14.2. The highest BCUT2D eigenvalue weighted by molar-refractivity contribution is 8.00. The van der Waals surface area contributed by atoms with Crippen LogP contribution < -0.4 is 5.32 Å². The van der Waals surface area contributed by atoms with Crippen molar-refractivity contribution in [2.75, 3.05) is 12.3 Å². The molecule has 0 aliphatic rings. The fraction of sp³-hybridized carbons (Fsp3) is 0.391. The topological polar surface area (TPSA) is 49.4 Å². The number of amides is 2.